The largest absolute Gasteiger partial charge is 0.449 e. The zero-order chi connectivity index (χ0) is 47.1. The van der Waals surface area contributed by atoms with E-state index in [9.17, 15) is 43.2 Å². The summed E-state index contributed by atoms with van der Waals surface area (Å²) in [5, 5.41) is 14.1. The van der Waals surface area contributed by atoms with Gasteiger partial charge in [0.25, 0.3) is 0 Å². The molecule has 62 heavy (non-hydrogen) atoms. The Hall–Kier alpha value is -4.19. The van der Waals surface area contributed by atoms with E-state index in [4.69, 9.17) is 37.7 Å². The molecule has 0 heterocycles. The van der Waals surface area contributed by atoms with Crippen molar-refractivity contribution in [3.8, 4) is 0 Å². The van der Waals surface area contributed by atoms with Crippen LogP contribution in [0.5, 0.6) is 0 Å². The maximum Gasteiger partial charge on any atom is 0.242 e. The van der Waals surface area contributed by atoms with Gasteiger partial charge in [-0.1, -0.05) is 33.1 Å². The summed E-state index contributed by atoms with van der Waals surface area (Å²) in [4.78, 5) is 108. The van der Waals surface area contributed by atoms with E-state index in [-0.39, 0.29) is 74.2 Å². The standard InChI is InChI=1S/C33H57B2N7O8.C7H14B2N2O/c1-25(2)27(44)14-5-3-11-20-39-33(50)26(13-9-12-19-37-29(46)16-8-7-15-28(36)45)40-31(48)24-41(21-22-43)23-30(47)38-18-10-4-6-17-32(49)42(34)35;1-10-6-4-2-3-5-7(12)11(8)9/h22,25-26H,3-21,23-24H2,1-2H3,(H2,36,45)(H,37,46)(H,38,47)(H,39,50)(H,40,48);10H,2-6H2,1H3. The first-order chi connectivity index (χ1) is 29.4. The van der Waals surface area contributed by atoms with Gasteiger partial charge in [0.1, 0.15) is 18.1 Å². The van der Waals surface area contributed by atoms with Crippen LogP contribution < -0.4 is 32.3 Å². The van der Waals surface area contributed by atoms with E-state index in [0.717, 1.165) is 38.6 Å². The van der Waals surface area contributed by atoms with E-state index in [1.807, 2.05) is 20.9 Å². The van der Waals surface area contributed by atoms with Gasteiger partial charge in [-0.15, -0.1) is 0 Å². The molecule has 0 saturated heterocycles. The second kappa shape index (κ2) is 39.6. The van der Waals surface area contributed by atoms with Gasteiger partial charge in [-0.25, -0.2) is 0 Å². The first-order valence-electron chi connectivity index (χ1n) is 21.8. The van der Waals surface area contributed by atoms with Crippen LogP contribution in [0.3, 0.4) is 0 Å². The predicted molar refractivity (Wildman–Crippen MR) is 241 cm³/mol. The average molecular weight is 865 g/mol. The second-order valence-corrected chi connectivity index (χ2v) is 15.4. The lowest BCUT2D eigenvalue weighted by Crippen LogP contribution is -2.50. The van der Waals surface area contributed by atoms with Crippen molar-refractivity contribution in [3.05, 3.63) is 0 Å². The van der Waals surface area contributed by atoms with Gasteiger partial charge in [0.2, 0.25) is 61.5 Å². The molecule has 0 aromatic rings. The number of unbranched alkanes of at least 4 members (excludes halogenated alkanes) is 8. The van der Waals surface area contributed by atoms with Crippen LogP contribution in [0.1, 0.15) is 136 Å². The molecule has 7 N–H and O–H groups in total. The summed E-state index contributed by atoms with van der Waals surface area (Å²) in [6, 6.07) is -0.876. The summed E-state index contributed by atoms with van der Waals surface area (Å²) in [5.41, 5.74) is 5.11. The van der Waals surface area contributed by atoms with Gasteiger partial charge in [0.05, 0.1) is 19.6 Å². The molecule has 0 saturated carbocycles. The smallest absolute Gasteiger partial charge is 0.242 e. The maximum atomic E-state index is 13.1. The molecule has 342 valence electrons. The number of primary amides is 1. The maximum absolute atomic E-state index is 13.1. The summed E-state index contributed by atoms with van der Waals surface area (Å²) in [6.07, 6.45) is 11.6. The average Bonchev–Trinajstić information content (AvgIpc) is 3.21. The number of aldehydes is 1. The lowest BCUT2D eigenvalue weighted by molar-refractivity contribution is -0.131. The van der Waals surface area contributed by atoms with Crippen LogP contribution in [0.4, 0.5) is 0 Å². The first kappa shape index (κ1) is 59.9. The monoisotopic (exact) mass is 866 g/mol. The van der Waals surface area contributed by atoms with Gasteiger partial charge < -0.3 is 46.6 Å². The Labute approximate surface area is 374 Å². The summed E-state index contributed by atoms with van der Waals surface area (Å²) < 4.78 is 1.19. The van der Waals surface area contributed by atoms with Crippen molar-refractivity contribution < 1.29 is 43.2 Å². The van der Waals surface area contributed by atoms with Crippen LogP contribution in [-0.4, -0.2) is 159 Å². The minimum atomic E-state index is -0.876. The number of hydrogen-bond acceptors (Lipinski definition) is 11. The van der Waals surface area contributed by atoms with E-state index in [1.54, 1.807) is 0 Å². The Kier molecular flexibility index (Phi) is 38.3. The molecule has 0 bridgehead atoms. The SMILES string of the molecule is [B]N([B])C(=O)CCCCCNC.[B]N([B])C(=O)CCCCCNC(=O)CN(CC=O)CC(=O)NC(CCCCNC(=O)CCCCC(N)=O)C(=O)NCCCCCC(=O)C(C)C. The van der Waals surface area contributed by atoms with E-state index < -0.39 is 23.8 Å². The summed E-state index contributed by atoms with van der Waals surface area (Å²) in [6.45, 7) is 5.15. The van der Waals surface area contributed by atoms with Crippen molar-refractivity contribution in [3.63, 3.8) is 0 Å². The number of ketones is 1. The topological polar surface area (TPSA) is 250 Å². The highest BCUT2D eigenvalue weighted by Crippen LogP contribution is 2.07. The van der Waals surface area contributed by atoms with E-state index >= 15 is 0 Å². The van der Waals surface area contributed by atoms with Crippen LogP contribution in [0.15, 0.2) is 0 Å². The number of Topliss-reactive ketones (excluding diaryl/α,β-unsaturated/α-hetero) is 1. The van der Waals surface area contributed by atoms with E-state index in [2.05, 4.69) is 26.6 Å². The third-order valence-corrected chi connectivity index (χ3v) is 9.36. The minimum Gasteiger partial charge on any atom is -0.449 e. The minimum absolute atomic E-state index is 0.00681. The molecule has 7 amide bonds. The second-order valence-electron chi connectivity index (χ2n) is 15.4. The van der Waals surface area contributed by atoms with E-state index in [1.165, 1.54) is 4.90 Å². The lowest BCUT2D eigenvalue weighted by Gasteiger charge is -2.22. The fourth-order valence-corrected chi connectivity index (χ4v) is 5.68. The van der Waals surface area contributed by atoms with E-state index in [0.29, 0.717) is 106 Å². The van der Waals surface area contributed by atoms with Gasteiger partial charge in [-0.05, 0) is 84.2 Å². The third kappa shape index (κ3) is 37.6. The van der Waals surface area contributed by atoms with Gasteiger partial charge in [-0.2, -0.15) is 0 Å². The molecular weight excluding hydrogens is 794 g/mol. The molecular formula is C40H71B4N9O9. The molecule has 0 aliphatic carbocycles. The highest BCUT2D eigenvalue weighted by Gasteiger charge is 2.22. The molecule has 18 nitrogen and oxygen atoms in total. The highest BCUT2D eigenvalue weighted by atomic mass is 16.2. The Morgan fingerprint density at radius 3 is 1.55 bits per heavy atom. The quantitative estimate of drug-likeness (QED) is 0.0268. The summed E-state index contributed by atoms with van der Waals surface area (Å²) in [5.74, 6) is -2.24. The molecule has 0 aliphatic heterocycles. The van der Waals surface area contributed by atoms with Crippen LogP contribution in [0.25, 0.3) is 0 Å². The Balaban J connectivity index is 0. The fraction of sp³-hybridized carbons (Fsp3) is 0.775. The molecule has 0 aliphatic rings. The zero-order valence-corrected chi connectivity index (χ0v) is 37.5. The highest BCUT2D eigenvalue weighted by molar-refractivity contribution is 6.34. The molecule has 0 fully saturated rings. The first-order valence-corrected chi connectivity index (χ1v) is 21.8. The van der Waals surface area contributed by atoms with Gasteiger partial charge in [-0.3, -0.25) is 43.3 Å². The summed E-state index contributed by atoms with van der Waals surface area (Å²) in [7, 11) is 22.3. The van der Waals surface area contributed by atoms with Crippen molar-refractivity contribution in [2.75, 3.05) is 52.9 Å². The Bertz CT molecular complexity index is 1330. The molecule has 0 aromatic heterocycles. The van der Waals surface area contributed by atoms with Gasteiger partial charge in [0, 0.05) is 57.7 Å². The predicted octanol–water partition coefficient (Wildman–Crippen LogP) is -0.360. The van der Waals surface area contributed by atoms with Crippen molar-refractivity contribution in [1.29, 1.82) is 0 Å². The molecule has 0 spiro atoms. The zero-order valence-electron chi connectivity index (χ0n) is 37.5. The number of amides is 7. The number of nitrogens with zero attached hydrogens (tertiary/aromatic N) is 3. The van der Waals surface area contributed by atoms with Crippen molar-refractivity contribution in [2.45, 2.75) is 142 Å². The number of carbonyl (C=O) groups is 9. The normalized spacial score (nSPS) is 11.1. The molecule has 0 rings (SSSR count). The molecule has 8 radical (unpaired) electrons. The van der Waals surface area contributed by atoms with Crippen LogP contribution in [0, 0.1) is 5.92 Å². The molecule has 22 heteroatoms. The molecule has 0 aromatic carbocycles. The van der Waals surface area contributed by atoms with Crippen LogP contribution in [0.2, 0.25) is 0 Å². The molecule has 1 atom stereocenters. The fourth-order valence-electron chi connectivity index (χ4n) is 5.68. The number of rotatable bonds is 37. The van der Waals surface area contributed by atoms with Crippen molar-refractivity contribution >= 4 is 85.3 Å². The summed E-state index contributed by atoms with van der Waals surface area (Å²) >= 11 is 0. The van der Waals surface area contributed by atoms with Gasteiger partial charge >= 0.3 is 0 Å². The number of nitrogens with two attached hydrogens (primary N) is 1. The van der Waals surface area contributed by atoms with Gasteiger partial charge in [0.15, 0.2) is 11.8 Å². The number of hydrogen-bond donors (Lipinski definition) is 6. The lowest BCUT2D eigenvalue weighted by atomic mass is 10.0. The molecule has 1 unspecified atom stereocenters. The Morgan fingerprint density at radius 1 is 0.565 bits per heavy atom. The van der Waals surface area contributed by atoms with Crippen LogP contribution >= 0.6 is 0 Å². The van der Waals surface area contributed by atoms with Crippen LogP contribution in [-0.2, 0) is 43.2 Å². The van der Waals surface area contributed by atoms with Crippen molar-refractivity contribution in [2.24, 2.45) is 11.7 Å². The number of nitrogens with one attached hydrogen (secondary N) is 5. The third-order valence-electron chi connectivity index (χ3n) is 9.36. The number of carbonyl (C=O) groups excluding carboxylic acids is 9. The Morgan fingerprint density at radius 2 is 1.03 bits per heavy atom. The van der Waals surface area contributed by atoms with Crippen molar-refractivity contribution in [1.82, 2.24) is 40.9 Å².